The van der Waals surface area contributed by atoms with Crippen LogP contribution < -0.4 is 5.73 Å². The molecular formula is C13H20FN3O. The molecule has 2 heterocycles. The Bertz CT molecular complexity index is 371. The van der Waals surface area contributed by atoms with Crippen LogP contribution in [0.25, 0.3) is 0 Å². The van der Waals surface area contributed by atoms with Crippen LogP contribution in [0.15, 0.2) is 18.3 Å². The van der Waals surface area contributed by atoms with Crippen molar-refractivity contribution in [1.29, 1.82) is 0 Å². The van der Waals surface area contributed by atoms with Gasteiger partial charge in [0, 0.05) is 25.7 Å². The van der Waals surface area contributed by atoms with Gasteiger partial charge in [-0.25, -0.2) is 4.39 Å². The Hall–Kier alpha value is -1.04. The minimum atomic E-state index is -0.326. The van der Waals surface area contributed by atoms with Gasteiger partial charge in [-0.1, -0.05) is 0 Å². The Labute approximate surface area is 107 Å². The molecule has 0 radical (unpaired) electrons. The maximum absolute atomic E-state index is 12.7. The number of pyridine rings is 1. The van der Waals surface area contributed by atoms with E-state index in [1.165, 1.54) is 12.3 Å². The Morgan fingerprint density at radius 3 is 3.11 bits per heavy atom. The molecule has 0 saturated carbocycles. The summed E-state index contributed by atoms with van der Waals surface area (Å²) in [7, 11) is 0. The zero-order chi connectivity index (χ0) is 13.0. The van der Waals surface area contributed by atoms with Gasteiger partial charge in [-0.3, -0.25) is 9.88 Å². The van der Waals surface area contributed by atoms with Crippen molar-refractivity contribution in [3.8, 4) is 0 Å². The quantitative estimate of drug-likeness (QED) is 0.879. The minimum Gasteiger partial charge on any atom is -0.376 e. The van der Waals surface area contributed by atoms with Crippen LogP contribution in [0.2, 0.25) is 0 Å². The number of aromatic nitrogens is 1. The van der Waals surface area contributed by atoms with Gasteiger partial charge in [0.1, 0.15) is 5.82 Å². The number of ether oxygens (including phenoxy) is 1. The number of morpholine rings is 1. The first-order valence-corrected chi connectivity index (χ1v) is 6.36. The number of nitrogens with two attached hydrogens (primary N) is 1. The topological polar surface area (TPSA) is 51.4 Å². The first-order chi connectivity index (χ1) is 8.65. The smallest absolute Gasteiger partial charge is 0.141 e. The van der Waals surface area contributed by atoms with Crippen molar-refractivity contribution >= 4 is 0 Å². The molecule has 5 heteroatoms. The third kappa shape index (κ3) is 3.73. The molecule has 1 aliphatic rings. The average Bonchev–Trinajstić information content (AvgIpc) is 2.37. The van der Waals surface area contributed by atoms with E-state index in [0.29, 0.717) is 6.10 Å². The van der Waals surface area contributed by atoms with E-state index in [9.17, 15) is 4.39 Å². The third-order valence-electron chi connectivity index (χ3n) is 3.21. The van der Waals surface area contributed by atoms with Gasteiger partial charge in [-0.15, -0.1) is 0 Å². The summed E-state index contributed by atoms with van der Waals surface area (Å²) in [6.45, 7) is 5.68. The van der Waals surface area contributed by atoms with E-state index < -0.39 is 0 Å². The van der Waals surface area contributed by atoms with E-state index in [4.69, 9.17) is 10.5 Å². The molecular weight excluding hydrogens is 233 g/mol. The number of hydrogen-bond donors (Lipinski definition) is 1. The van der Waals surface area contributed by atoms with Gasteiger partial charge in [0.05, 0.1) is 24.6 Å². The van der Waals surface area contributed by atoms with Crippen LogP contribution in [0, 0.1) is 5.82 Å². The Kier molecular flexibility index (Phi) is 4.63. The standard InChI is InChI=1S/C13H20FN3O/c1-10-9-17(6-7-18-10)5-4-12(15)13-3-2-11(14)8-16-13/h2-3,8,10,12H,4-7,9,15H2,1H3. The Morgan fingerprint density at radius 1 is 1.61 bits per heavy atom. The lowest BCUT2D eigenvalue weighted by atomic mass is 10.1. The molecule has 18 heavy (non-hydrogen) atoms. The lowest BCUT2D eigenvalue weighted by Crippen LogP contribution is -2.42. The lowest BCUT2D eigenvalue weighted by molar-refractivity contribution is -0.0189. The SMILES string of the molecule is CC1CN(CCC(N)c2ccc(F)cn2)CCO1. The molecule has 2 rings (SSSR count). The fourth-order valence-corrected chi connectivity index (χ4v) is 2.17. The van der Waals surface area contributed by atoms with Crippen molar-refractivity contribution < 1.29 is 9.13 Å². The van der Waals surface area contributed by atoms with Crippen molar-refractivity contribution in [2.45, 2.75) is 25.5 Å². The predicted molar refractivity (Wildman–Crippen MR) is 67.6 cm³/mol. The van der Waals surface area contributed by atoms with Crippen LogP contribution in [0.5, 0.6) is 0 Å². The van der Waals surface area contributed by atoms with Crippen LogP contribution in [-0.4, -0.2) is 42.2 Å². The van der Waals surface area contributed by atoms with E-state index in [-0.39, 0.29) is 11.9 Å². The van der Waals surface area contributed by atoms with Gasteiger partial charge in [0.15, 0.2) is 0 Å². The zero-order valence-corrected chi connectivity index (χ0v) is 10.7. The summed E-state index contributed by atoms with van der Waals surface area (Å²) in [6.07, 6.45) is 2.33. The molecule has 1 saturated heterocycles. The fourth-order valence-electron chi connectivity index (χ4n) is 2.17. The van der Waals surface area contributed by atoms with E-state index in [1.54, 1.807) is 6.07 Å². The Morgan fingerprint density at radius 2 is 2.44 bits per heavy atom. The molecule has 4 nitrogen and oxygen atoms in total. The normalized spacial score (nSPS) is 22.9. The molecule has 1 aromatic heterocycles. The second-order valence-corrected chi connectivity index (χ2v) is 4.78. The van der Waals surface area contributed by atoms with Crippen LogP contribution >= 0.6 is 0 Å². The van der Waals surface area contributed by atoms with E-state index in [0.717, 1.165) is 38.4 Å². The predicted octanol–water partition coefficient (Wildman–Crippen LogP) is 1.33. The van der Waals surface area contributed by atoms with Crippen molar-refractivity contribution in [2.75, 3.05) is 26.2 Å². The number of rotatable bonds is 4. The first-order valence-electron chi connectivity index (χ1n) is 6.36. The highest BCUT2D eigenvalue weighted by Crippen LogP contribution is 2.13. The molecule has 100 valence electrons. The maximum Gasteiger partial charge on any atom is 0.141 e. The second-order valence-electron chi connectivity index (χ2n) is 4.78. The van der Waals surface area contributed by atoms with Crippen molar-refractivity contribution in [3.63, 3.8) is 0 Å². The van der Waals surface area contributed by atoms with Crippen LogP contribution in [0.4, 0.5) is 4.39 Å². The number of halogens is 1. The van der Waals surface area contributed by atoms with Gasteiger partial charge in [-0.05, 0) is 25.5 Å². The van der Waals surface area contributed by atoms with Gasteiger partial charge < -0.3 is 10.5 Å². The van der Waals surface area contributed by atoms with E-state index in [1.807, 2.05) is 0 Å². The summed E-state index contributed by atoms with van der Waals surface area (Å²) in [4.78, 5) is 6.36. The summed E-state index contributed by atoms with van der Waals surface area (Å²) >= 11 is 0. The molecule has 0 amide bonds. The molecule has 0 bridgehead atoms. The molecule has 0 spiro atoms. The highest BCUT2D eigenvalue weighted by atomic mass is 19.1. The van der Waals surface area contributed by atoms with Gasteiger partial charge in [0.25, 0.3) is 0 Å². The monoisotopic (exact) mass is 253 g/mol. The molecule has 1 fully saturated rings. The minimum absolute atomic E-state index is 0.135. The van der Waals surface area contributed by atoms with Crippen LogP contribution in [-0.2, 0) is 4.74 Å². The summed E-state index contributed by atoms with van der Waals surface area (Å²) in [5.41, 5.74) is 6.80. The molecule has 2 atom stereocenters. The molecule has 1 aliphatic heterocycles. The molecule has 2 N–H and O–H groups in total. The van der Waals surface area contributed by atoms with E-state index >= 15 is 0 Å². The molecule has 1 aromatic rings. The van der Waals surface area contributed by atoms with Gasteiger partial charge in [0.2, 0.25) is 0 Å². The van der Waals surface area contributed by atoms with Crippen LogP contribution in [0.3, 0.4) is 0 Å². The largest absolute Gasteiger partial charge is 0.376 e. The van der Waals surface area contributed by atoms with Gasteiger partial charge in [-0.2, -0.15) is 0 Å². The molecule has 2 unspecified atom stereocenters. The highest BCUT2D eigenvalue weighted by molar-refractivity contribution is 5.09. The van der Waals surface area contributed by atoms with Gasteiger partial charge >= 0.3 is 0 Å². The molecule has 0 aliphatic carbocycles. The third-order valence-corrected chi connectivity index (χ3v) is 3.21. The van der Waals surface area contributed by atoms with Crippen LogP contribution in [0.1, 0.15) is 25.1 Å². The zero-order valence-electron chi connectivity index (χ0n) is 10.7. The summed E-state index contributed by atoms with van der Waals surface area (Å²) in [5.74, 6) is -0.326. The molecule has 0 aromatic carbocycles. The summed E-state index contributed by atoms with van der Waals surface area (Å²) in [5, 5.41) is 0. The second kappa shape index (κ2) is 6.22. The van der Waals surface area contributed by atoms with E-state index in [2.05, 4.69) is 16.8 Å². The first kappa shape index (κ1) is 13.4. The summed E-state index contributed by atoms with van der Waals surface area (Å²) in [6, 6.07) is 2.92. The maximum atomic E-state index is 12.7. The Balaban J connectivity index is 1.80. The number of nitrogens with zero attached hydrogens (tertiary/aromatic N) is 2. The lowest BCUT2D eigenvalue weighted by Gasteiger charge is -2.31. The fraction of sp³-hybridized carbons (Fsp3) is 0.615. The summed E-state index contributed by atoms with van der Waals surface area (Å²) < 4.78 is 18.2. The van der Waals surface area contributed by atoms with Crippen molar-refractivity contribution in [2.24, 2.45) is 5.73 Å². The highest BCUT2D eigenvalue weighted by Gasteiger charge is 2.17. The average molecular weight is 253 g/mol. The van der Waals surface area contributed by atoms with Crippen molar-refractivity contribution in [3.05, 3.63) is 29.8 Å². The number of hydrogen-bond acceptors (Lipinski definition) is 4. The van der Waals surface area contributed by atoms with Crippen molar-refractivity contribution in [1.82, 2.24) is 9.88 Å².